The molecule has 1 aromatic rings. The topological polar surface area (TPSA) is 46.3 Å². The van der Waals surface area contributed by atoms with Crippen molar-refractivity contribution in [3.05, 3.63) is 35.4 Å². The molecule has 0 spiro atoms. The molecule has 1 aromatic carbocycles. The Hall–Kier alpha value is -1.35. The molecule has 2 N–H and O–H groups in total. The lowest BCUT2D eigenvalue weighted by Crippen LogP contribution is -2.32. The number of benzene rings is 1. The summed E-state index contributed by atoms with van der Waals surface area (Å²) in [6.45, 7) is 5.02. The summed E-state index contributed by atoms with van der Waals surface area (Å²) in [6, 6.07) is 8.35. The van der Waals surface area contributed by atoms with Crippen LogP contribution in [0.15, 0.2) is 24.3 Å². The van der Waals surface area contributed by atoms with Gasteiger partial charge in [0, 0.05) is 13.6 Å². The molecule has 3 heteroatoms. The van der Waals surface area contributed by atoms with Crippen molar-refractivity contribution in [1.29, 1.82) is 0 Å². The summed E-state index contributed by atoms with van der Waals surface area (Å²) in [5, 5.41) is 0. The third-order valence-corrected chi connectivity index (χ3v) is 2.67. The fraction of sp³-hybridized carbons (Fsp3) is 0.462. The second kappa shape index (κ2) is 5.66. The lowest BCUT2D eigenvalue weighted by molar-refractivity contribution is -0.128. The molecule has 0 aromatic heterocycles. The quantitative estimate of drug-likeness (QED) is 0.840. The number of likely N-dealkylation sites (N-methyl/N-ethyl adjacent to an activating group) is 1. The third kappa shape index (κ3) is 3.35. The van der Waals surface area contributed by atoms with E-state index in [9.17, 15) is 4.79 Å². The molecule has 3 nitrogen and oxygen atoms in total. The van der Waals surface area contributed by atoms with Crippen molar-refractivity contribution in [1.82, 2.24) is 4.90 Å². The zero-order valence-corrected chi connectivity index (χ0v) is 10.2. The van der Waals surface area contributed by atoms with Gasteiger partial charge in [0.1, 0.15) is 0 Å². The fourth-order valence-electron chi connectivity index (χ4n) is 1.53. The Labute approximate surface area is 97.2 Å². The maximum atomic E-state index is 11.3. The normalized spacial score (nSPS) is 10.6. The standard InChI is InChI=1S/C13H20N2O/c1-10(2)12-6-4-11(5-7-12)9-15(3)13(16)8-14/h4-7,10H,8-9,14H2,1-3H3. The Bertz CT molecular complexity index is 343. The fourth-order valence-corrected chi connectivity index (χ4v) is 1.53. The van der Waals surface area contributed by atoms with E-state index >= 15 is 0 Å². The molecule has 0 saturated carbocycles. The average molecular weight is 220 g/mol. The molecule has 0 radical (unpaired) electrons. The maximum absolute atomic E-state index is 11.3. The van der Waals surface area contributed by atoms with E-state index in [0.29, 0.717) is 12.5 Å². The van der Waals surface area contributed by atoms with Gasteiger partial charge in [-0.1, -0.05) is 38.1 Å². The first kappa shape index (κ1) is 12.7. The Morgan fingerprint density at radius 1 is 1.31 bits per heavy atom. The first-order valence-electron chi connectivity index (χ1n) is 5.57. The van der Waals surface area contributed by atoms with Gasteiger partial charge in [-0.3, -0.25) is 4.79 Å². The largest absolute Gasteiger partial charge is 0.340 e. The Morgan fingerprint density at radius 2 is 1.88 bits per heavy atom. The highest BCUT2D eigenvalue weighted by atomic mass is 16.2. The summed E-state index contributed by atoms with van der Waals surface area (Å²) in [4.78, 5) is 12.9. The number of hydrogen-bond donors (Lipinski definition) is 1. The summed E-state index contributed by atoms with van der Waals surface area (Å²) < 4.78 is 0. The average Bonchev–Trinajstić information content (AvgIpc) is 2.28. The van der Waals surface area contributed by atoms with Gasteiger partial charge in [0.15, 0.2) is 0 Å². The molecule has 1 rings (SSSR count). The molecule has 88 valence electrons. The monoisotopic (exact) mass is 220 g/mol. The summed E-state index contributed by atoms with van der Waals surface area (Å²) in [6.07, 6.45) is 0. The van der Waals surface area contributed by atoms with Crippen LogP contribution in [0.25, 0.3) is 0 Å². The molecule has 0 saturated heterocycles. The van der Waals surface area contributed by atoms with Crippen LogP contribution in [0.2, 0.25) is 0 Å². The Kier molecular flexibility index (Phi) is 4.50. The molecular weight excluding hydrogens is 200 g/mol. The second-order valence-electron chi connectivity index (χ2n) is 4.35. The highest BCUT2D eigenvalue weighted by Gasteiger charge is 2.06. The zero-order chi connectivity index (χ0) is 12.1. The van der Waals surface area contributed by atoms with Crippen molar-refractivity contribution in [3.63, 3.8) is 0 Å². The van der Waals surface area contributed by atoms with Crippen molar-refractivity contribution in [2.24, 2.45) is 5.73 Å². The molecule has 0 aliphatic rings. The van der Waals surface area contributed by atoms with Gasteiger partial charge in [-0.15, -0.1) is 0 Å². The van der Waals surface area contributed by atoms with Gasteiger partial charge in [0.25, 0.3) is 0 Å². The van der Waals surface area contributed by atoms with Gasteiger partial charge in [-0.2, -0.15) is 0 Å². The van der Waals surface area contributed by atoms with Crippen LogP contribution in [0.5, 0.6) is 0 Å². The molecule has 0 aliphatic carbocycles. The molecule has 0 bridgehead atoms. The van der Waals surface area contributed by atoms with Gasteiger partial charge in [-0.05, 0) is 17.0 Å². The number of carbonyl (C=O) groups is 1. The number of carbonyl (C=O) groups excluding carboxylic acids is 1. The summed E-state index contributed by atoms with van der Waals surface area (Å²) >= 11 is 0. The first-order valence-corrected chi connectivity index (χ1v) is 5.57. The zero-order valence-electron chi connectivity index (χ0n) is 10.2. The SMILES string of the molecule is CC(C)c1ccc(CN(C)C(=O)CN)cc1. The molecule has 0 aliphatic heterocycles. The van der Waals surface area contributed by atoms with Crippen LogP contribution in [-0.2, 0) is 11.3 Å². The minimum Gasteiger partial charge on any atom is -0.340 e. The molecule has 16 heavy (non-hydrogen) atoms. The number of hydrogen-bond acceptors (Lipinski definition) is 2. The molecular formula is C13H20N2O. The van der Waals surface area contributed by atoms with Crippen LogP contribution in [0.1, 0.15) is 30.9 Å². The van der Waals surface area contributed by atoms with Crippen molar-refractivity contribution in [2.75, 3.05) is 13.6 Å². The highest BCUT2D eigenvalue weighted by Crippen LogP contribution is 2.15. The summed E-state index contributed by atoms with van der Waals surface area (Å²) in [5.41, 5.74) is 7.75. The van der Waals surface area contributed by atoms with Gasteiger partial charge >= 0.3 is 0 Å². The van der Waals surface area contributed by atoms with Gasteiger partial charge in [0.05, 0.1) is 6.54 Å². The van der Waals surface area contributed by atoms with E-state index in [1.54, 1.807) is 11.9 Å². The van der Waals surface area contributed by atoms with E-state index in [0.717, 1.165) is 5.56 Å². The van der Waals surface area contributed by atoms with Crippen LogP contribution in [0.3, 0.4) is 0 Å². The highest BCUT2D eigenvalue weighted by molar-refractivity contribution is 5.77. The van der Waals surface area contributed by atoms with Crippen molar-refractivity contribution in [3.8, 4) is 0 Å². The van der Waals surface area contributed by atoms with E-state index < -0.39 is 0 Å². The molecule has 0 unspecified atom stereocenters. The molecule has 0 atom stereocenters. The second-order valence-corrected chi connectivity index (χ2v) is 4.35. The van der Waals surface area contributed by atoms with Crippen molar-refractivity contribution in [2.45, 2.75) is 26.3 Å². The lowest BCUT2D eigenvalue weighted by Gasteiger charge is -2.16. The minimum absolute atomic E-state index is 0.0343. The van der Waals surface area contributed by atoms with E-state index in [1.165, 1.54) is 5.56 Å². The predicted octanol–water partition coefficient (Wildman–Crippen LogP) is 1.73. The van der Waals surface area contributed by atoms with Crippen LogP contribution in [-0.4, -0.2) is 24.4 Å². The first-order chi connectivity index (χ1) is 7.54. The summed E-state index contributed by atoms with van der Waals surface area (Å²) in [7, 11) is 1.77. The van der Waals surface area contributed by atoms with Gasteiger partial charge in [-0.25, -0.2) is 0 Å². The number of amides is 1. The molecule has 0 heterocycles. The molecule has 0 fully saturated rings. The summed E-state index contributed by atoms with van der Waals surface area (Å²) in [5.74, 6) is 0.505. The molecule has 1 amide bonds. The van der Waals surface area contributed by atoms with Crippen LogP contribution >= 0.6 is 0 Å². The van der Waals surface area contributed by atoms with Crippen molar-refractivity contribution < 1.29 is 4.79 Å². The third-order valence-electron chi connectivity index (χ3n) is 2.67. The van der Waals surface area contributed by atoms with Crippen LogP contribution < -0.4 is 5.73 Å². The predicted molar refractivity (Wildman–Crippen MR) is 66.1 cm³/mol. The van der Waals surface area contributed by atoms with Crippen molar-refractivity contribution >= 4 is 5.91 Å². The van der Waals surface area contributed by atoms with E-state index in [-0.39, 0.29) is 12.5 Å². The lowest BCUT2D eigenvalue weighted by atomic mass is 10.0. The van der Waals surface area contributed by atoms with E-state index in [1.807, 2.05) is 0 Å². The number of rotatable bonds is 4. The Balaban J connectivity index is 2.65. The number of nitrogens with two attached hydrogens (primary N) is 1. The van der Waals surface area contributed by atoms with Crippen LogP contribution in [0, 0.1) is 0 Å². The van der Waals surface area contributed by atoms with E-state index in [2.05, 4.69) is 38.1 Å². The number of nitrogens with zero attached hydrogens (tertiary/aromatic N) is 1. The van der Waals surface area contributed by atoms with E-state index in [4.69, 9.17) is 5.73 Å². The van der Waals surface area contributed by atoms with Gasteiger partial charge < -0.3 is 10.6 Å². The maximum Gasteiger partial charge on any atom is 0.236 e. The smallest absolute Gasteiger partial charge is 0.236 e. The van der Waals surface area contributed by atoms with Gasteiger partial charge in [0.2, 0.25) is 5.91 Å². The minimum atomic E-state index is -0.0343. The Morgan fingerprint density at radius 3 is 2.31 bits per heavy atom. The van der Waals surface area contributed by atoms with Crippen LogP contribution in [0.4, 0.5) is 0 Å².